The van der Waals surface area contributed by atoms with Gasteiger partial charge in [0.1, 0.15) is 5.82 Å². The molecule has 26 heavy (non-hydrogen) atoms. The second-order valence-electron chi connectivity index (χ2n) is 6.64. The molecule has 0 spiro atoms. The van der Waals surface area contributed by atoms with Crippen LogP contribution in [0.4, 0.5) is 10.1 Å². The number of anilines is 1. The Hall–Kier alpha value is -1.63. The second-order valence-corrected chi connectivity index (χ2v) is 8.55. The molecule has 0 bridgehead atoms. The molecule has 7 heteroatoms. The molecule has 5 nitrogen and oxygen atoms in total. The van der Waals surface area contributed by atoms with E-state index in [-0.39, 0.29) is 24.6 Å². The van der Waals surface area contributed by atoms with E-state index in [1.165, 1.54) is 18.2 Å². The van der Waals surface area contributed by atoms with Crippen LogP contribution in [0.15, 0.2) is 24.3 Å². The quantitative estimate of drug-likeness (QED) is 0.595. The molecule has 0 aliphatic rings. The number of rotatable bonds is 12. The zero-order valence-corrected chi connectivity index (χ0v) is 16.8. The Balaban J connectivity index is 2.51. The van der Waals surface area contributed by atoms with Crippen LogP contribution in [0.2, 0.25) is 0 Å². The van der Waals surface area contributed by atoms with Gasteiger partial charge in [-0.15, -0.1) is 0 Å². The monoisotopic (exact) mass is 386 g/mol. The van der Waals surface area contributed by atoms with Crippen LogP contribution in [0, 0.1) is 11.7 Å². The van der Waals surface area contributed by atoms with Gasteiger partial charge in [-0.3, -0.25) is 9.10 Å². The molecule has 0 aliphatic carbocycles. The maximum Gasteiger partial charge on any atom is 0.232 e. The normalized spacial score (nSPS) is 12.6. The first-order valence-corrected chi connectivity index (χ1v) is 11.1. The molecule has 0 radical (unpaired) electrons. The lowest BCUT2D eigenvalue weighted by Gasteiger charge is -2.22. The molecule has 0 aromatic heterocycles. The molecule has 1 atom stereocenters. The van der Waals surface area contributed by atoms with Crippen molar-refractivity contribution in [1.82, 2.24) is 5.32 Å². The number of amides is 1. The minimum absolute atomic E-state index is 0.0763. The van der Waals surface area contributed by atoms with Gasteiger partial charge in [-0.05, 0) is 37.0 Å². The van der Waals surface area contributed by atoms with Crippen molar-refractivity contribution in [3.8, 4) is 0 Å². The Morgan fingerprint density at radius 3 is 2.58 bits per heavy atom. The van der Waals surface area contributed by atoms with Crippen LogP contribution in [-0.4, -0.2) is 33.7 Å². The van der Waals surface area contributed by atoms with Crippen molar-refractivity contribution >= 4 is 21.6 Å². The minimum atomic E-state index is -3.54. The van der Waals surface area contributed by atoms with E-state index in [2.05, 4.69) is 19.2 Å². The maximum absolute atomic E-state index is 13.4. The molecule has 1 aromatic rings. The van der Waals surface area contributed by atoms with Crippen LogP contribution in [0.5, 0.6) is 0 Å². The summed E-state index contributed by atoms with van der Waals surface area (Å²) >= 11 is 0. The van der Waals surface area contributed by atoms with E-state index in [0.29, 0.717) is 18.9 Å². The predicted octanol–water partition coefficient (Wildman–Crippen LogP) is 3.70. The Kier molecular flexibility index (Phi) is 9.62. The van der Waals surface area contributed by atoms with Crippen LogP contribution >= 0.6 is 0 Å². The van der Waals surface area contributed by atoms with Gasteiger partial charge in [0.25, 0.3) is 0 Å². The minimum Gasteiger partial charge on any atom is -0.356 e. The summed E-state index contributed by atoms with van der Waals surface area (Å²) in [6, 6.07) is 5.46. The Labute approximate surface area is 157 Å². The van der Waals surface area contributed by atoms with Gasteiger partial charge in [0.2, 0.25) is 15.9 Å². The number of carbonyl (C=O) groups is 1. The summed E-state index contributed by atoms with van der Waals surface area (Å²) in [5, 5.41) is 2.94. The molecular formula is C19H31FN2O3S. The second kappa shape index (κ2) is 11.2. The molecule has 0 saturated carbocycles. The van der Waals surface area contributed by atoms with Crippen molar-refractivity contribution in [1.29, 1.82) is 0 Å². The van der Waals surface area contributed by atoms with Gasteiger partial charge in [-0.25, -0.2) is 12.8 Å². The first kappa shape index (κ1) is 22.4. The zero-order valence-electron chi connectivity index (χ0n) is 16.0. The summed E-state index contributed by atoms with van der Waals surface area (Å²) in [5.74, 6) is -0.0852. The Bertz CT molecular complexity index is 665. The van der Waals surface area contributed by atoms with Crippen molar-refractivity contribution in [2.24, 2.45) is 5.92 Å². The van der Waals surface area contributed by atoms with Gasteiger partial charge in [-0.2, -0.15) is 0 Å². The summed E-state index contributed by atoms with van der Waals surface area (Å²) in [7, 11) is -3.54. The first-order chi connectivity index (χ1) is 12.3. The van der Waals surface area contributed by atoms with Gasteiger partial charge in [0.15, 0.2) is 0 Å². The third-order valence-electron chi connectivity index (χ3n) is 4.39. The average molecular weight is 387 g/mol. The number of carbonyl (C=O) groups excluding carboxylic acids is 1. The Morgan fingerprint density at radius 1 is 1.27 bits per heavy atom. The van der Waals surface area contributed by atoms with E-state index < -0.39 is 15.8 Å². The van der Waals surface area contributed by atoms with Gasteiger partial charge >= 0.3 is 0 Å². The summed E-state index contributed by atoms with van der Waals surface area (Å²) in [4.78, 5) is 12.0. The summed E-state index contributed by atoms with van der Waals surface area (Å²) < 4.78 is 38.5. The number of nitrogens with zero attached hydrogens (tertiary/aromatic N) is 1. The third-order valence-corrected chi connectivity index (χ3v) is 5.59. The molecule has 0 unspecified atom stereocenters. The number of sulfonamides is 1. The van der Waals surface area contributed by atoms with Crippen molar-refractivity contribution in [2.75, 3.05) is 23.7 Å². The van der Waals surface area contributed by atoms with Gasteiger partial charge in [-0.1, -0.05) is 39.2 Å². The molecule has 0 heterocycles. The van der Waals surface area contributed by atoms with E-state index in [1.807, 2.05) is 0 Å². The van der Waals surface area contributed by atoms with Crippen LogP contribution < -0.4 is 9.62 Å². The molecule has 0 fully saturated rings. The van der Waals surface area contributed by atoms with Crippen LogP contribution in [0.1, 0.15) is 52.4 Å². The number of hydrogen-bond donors (Lipinski definition) is 1. The number of halogens is 1. The summed E-state index contributed by atoms with van der Waals surface area (Å²) in [6.07, 6.45) is 6.14. The number of unbranched alkanes of at least 4 members (excludes halogenated alkanes) is 1. The van der Waals surface area contributed by atoms with E-state index >= 15 is 0 Å². The van der Waals surface area contributed by atoms with Gasteiger partial charge < -0.3 is 5.32 Å². The lowest BCUT2D eigenvalue weighted by atomic mass is 9.99. The maximum atomic E-state index is 13.4. The van der Waals surface area contributed by atoms with Gasteiger partial charge in [0.05, 0.1) is 11.9 Å². The van der Waals surface area contributed by atoms with E-state index in [4.69, 9.17) is 0 Å². The van der Waals surface area contributed by atoms with Crippen molar-refractivity contribution in [3.63, 3.8) is 0 Å². The molecule has 1 amide bonds. The highest BCUT2D eigenvalue weighted by atomic mass is 32.2. The van der Waals surface area contributed by atoms with E-state index in [1.54, 1.807) is 6.07 Å². The van der Waals surface area contributed by atoms with Crippen LogP contribution in [-0.2, 0) is 14.8 Å². The largest absolute Gasteiger partial charge is 0.356 e. The molecule has 1 N–H and O–H groups in total. The molecule has 1 rings (SSSR count). The highest BCUT2D eigenvalue weighted by Gasteiger charge is 2.18. The molecule has 0 saturated heterocycles. The van der Waals surface area contributed by atoms with Crippen molar-refractivity contribution in [2.45, 2.75) is 52.4 Å². The number of benzene rings is 1. The SMILES string of the molecule is CCCC[C@H](CC)CNC(=O)CCCN(c1cccc(F)c1)S(C)(=O)=O. The molecular weight excluding hydrogens is 355 g/mol. The van der Waals surface area contributed by atoms with Crippen LogP contribution in [0.25, 0.3) is 0 Å². The highest BCUT2D eigenvalue weighted by Crippen LogP contribution is 2.19. The fourth-order valence-electron chi connectivity index (χ4n) is 2.79. The van der Waals surface area contributed by atoms with Crippen molar-refractivity contribution in [3.05, 3.63) is 30.1 Å². The molecule has 0 aliphatic heterocycles. The van der Waals surface area contributed by atoms with Crippen molar-refractivity contribution < 1.29 is 17.6 Å². The molecule has 1 aromatic carbocycles. The topological polar surface area (TPSA) is 66.5 Å². The first-order valence-electron chi connectivity index (χ1n) is 9.27. The van der Waals surface area contributed by atoms with Crippen LogP contribution in [0.3, 0.4) is 0 Å². The number of hydrogen-bond acceptors (Lipinski definition) is 3. The Morgan fingerprint density at radius 2 is 2.00 bits per heavy atom. The van der Waals surface area contributed by atoms with E-state index in [9.17, 15) is 17.6 Å². The lowest BCUT2D eigenvalue weighted by molar-refractivity contribution is -0.121. The molecule has 148 valence electrons. The average Bonchev–Trinajstić information content (AvgIpc) is 2.57. The fraction of sp³-hybridized carbons (Fsp3) is 0.632. The predicted molar refractivity (Wildman–Crippen MR) is 104 cm³/mol. The fourth-order valence-corrected chi connectivity index (χ4v) is 3.75. The number of nitrogens with one attached hydrogen (secondary N) is 1. The summed E-state index contributed by atoms with van der Waals surface area (Å²) in [5.41, 5.74) is 0.276. The standard InChI is InChI=1S/C19H31FN2O3S/c1-4-6-9-16(5-2)15-21-19(23)12-8-13-22(26(3,24)25)18-11-7-10-17(20)14-18/h7,10-11,14,16H,4-6,8-9,12-13,15H2,1-3H3,(H,21,23)/t16-/m0/s1. The third kappa shape index (κ3) is 8.17. The highest BCUT2D eigenvalue weighted by molar-refractivity contribution is 7.92. The smallest absolute Gasteiger partial charge is 0.232 e. The van der Waals surface area contributed by atoms with Gasteiger partial charge in [0, 0.05) is 19.5 Å². The zero-order chi connectivity index (χ0) is 19.6. The lowest BCUT2D eigenvalue weighted by Crippen LogP contribution is -2.33. The summed E-state index contributed by atoms with van der Waals surface area (Å²) in [6.45, 7) is 5.07. The van der Waals surface area contributed by atoms with E-state index in [0.717, 1.165) is 36.2 Å².